The minimum Gasteiger partial charge on any atom is -0.389 e. The van der Waals surface area contributed by atoms with Crippen molar-refractivity contribution in [2.45, 2.75) is 26.9 Å². The second-order valence-electron chi connectivity index (χ2n) is 5.05. The zero-order chi connectivity index (χ0) is 14.4. The zero-order valence-corrected chi connectivity index (χ0v) is 13.9. The van der Waals surface area contributed by atoms with E-state index in [4.69, 9.17) is 16.3 Å². The minimum atomic E-state index is -0.536. The first kappa shape index (κ1) is 16.8. The van der Waals surface area contributed by atoms with Crippen molar-refractivity contribution in [3.8, 4) is 0 Å². The van der Waals surface area contributed by atoms with Crippen LogP contribution in [0, 0.1) is 12.8 Å². The van der Waals surface area contributed by atoms with Crippen LogP contribution in [0.4, 0.5) is 5.69 Å². The lowest BCUT2D eigenvalue weighted by atomic mass is 10.2. The molecule has 19 heavy (non-hydrogen) atoms. The van der Waals surface area contributed by atoms with Crippen LogP contribution in [0.2, 0.25) is 5.02 Å². The summed E-state index contributed by atoms with van der Waals surface area (Å²) in [7, 11) is 0. The zero-order valence-electron chi connectivity index (χ0n) is 11.5. The molecule has 0 aliphatic heterocycles. The second kappa shape index (κ2) is 8.10. The van der Waals surface area contributed by atoms with E-state index < -0.39 is 6.10 Å². The maximum atomic E-state index is 9.80. The number of ether oxygens (including phenoxy) is 1. The highest BCUT2D eigenvalue weighted by atomic mass is 79.9. The van der Waals surface area contributed by atoms with Crippen LogP contribution in [-0.2, 0) is 4.74 Å². The molecule has 1 unspecified atom stereocenters. The largest absolute Gasteiger partial charge is 0.389 e. The van der Waals surface area contributed by atoms with Gasteiger partial charge in [0.15, 0.2) is 0 Å². The summed E-state index contributed by atoms with van der Waals surface area (Å²) in [6, 6.07) is 3.80. The highest BCUT2D eigenvalue weighted by Gasteiger charge is 2.08. The third kappa shape index (κ3) is 6.13. The Kier molecular flexibility index (Phi) is 7.15. The minimum absolute atomic E-state index is 0.336. The van der Waals surface area contributed by atoms with Crippen molar-refractivity contribution < 1.29 is 9.84 Å². The first-order chi connectivity index (χ1) is 8.90. The maximum Gasteiger partial charge on any atom is 0.0945 e. The fourth-order valence-electron chi connectivity index (χ4n) is 1.51. The van der Waals surface area contributed by atoms with E-state index in [0.29, 0.717) is 30.7 Å². The van der Waals surface area contributed by atoms with E-state index in [9.17, 15) is 5.11 Å². The molecule has 3 nitrogen and oxygen atoms in total. The van der Waals surface area contributed by atoms with Crippen molar-refractivity contribution in [3.05, 3.63) is 27.2 Å². The number of aliphatic hydroxyl groups is 1. The smallest absolute Gasteiger partial charge is 0.0945 e. The summed E-state index contributed by atoms with van der Waals surface area (Å²) in [5.41, 5.74) is 1.89. The lowest BCUT2D eigenvalue weighted by Crippen LogP contribution is -2.25. The Hall–Kier alpha value is -0.290. The summed E-state index contributed by atoms with van der Waals surface area (Å²) in [4.78, 5) is 0. The van der Waals surface area contributed by atoms with E-state index in [1.54, 1.807) is 0 Å². The molecule has 0 saturated carbocycles. The van der Waals surface area contributed by atoms with Gasteiger partial charge in [-0.3, -0.25) is 0 Å². The molecule has 108 valence electrons. The van der Waals surface area contributed by atoms with Gasteiger partial charge in [-0.05, 0) is 46.5 Å². The molecular formula is C14H21BrClNO2. The van der Waals surface area contributed by atoms with Crippen LogP contribution in [0.25, 0.3) is 0 Å². The highest BCUT2D eigenvalue weighted by Crippen LogP contribution is 2.29. The van der Waals surface area contributed by atoms with Crippen LogP contribution in [0.3, 0.4) is 0 Å². The Morgan fingerprint density at radius 1 is 1.37 bits per heavy atom. The SMILES string of the molecule is Cc1cc(Br)c(NCC(O)COCC(C)C)cc1Cl. The summed E-state index contributed by atoms with van der Waals surface area (Å²) in [6.45, 7) is 7.53. The topological polar surface area (TPSA) is 41.5 Å². The van der Waals surface area contributed by atoms with E-state index in [-0.39, 0.29) is 0 Å². The number of anilines is 1. The number of benzene rings is 1. The number of halogens is 2. The predicted molar refractivity (Wildman–Crippen MR) is 84.0 cm³/mol. The van der Waals surface area contributed by atoms with E-state index in [2.05, 4.69) is 35.1 Å². The molecule has 0 bridgehead atoms. The highest BCUT2D eigenvalue weighted by molar-refractivity contribution is 9.10. The summed E-state index contributed by atoms with van der Waals surface area (Å²) in [5, 5.41) is 13.7. The Morgan fingerprint density at radius 3 is 2.68 bits per heavy atom. The van der Waals surface area contributed by atoms with Crippen molar-refractivity contribution in [3.63, 3.8) is 0 Å². The van der Waals surface area contributed by atoms with E-state index in [1.165, 1.54) is 0 Å². The molecule has 0 fully saturated rings. The van der Waals surface area contributed by atoms with Crippen molar-refractivity contribution in [1.29, 1.82) is 0 Å². The molecule has 0 radical (unpaired) electrons. The lowest BCUT2D eigenvalue weighted by Gasteiger charge is -2.15. The predicted octanol–water partition coefficient (Wildman–Crippen LogP) is 3.86. The van der Waals surface area contributed by atoms with Crippen LogP contribution in [0.1, 0.15) is 19.4 Å². The third-order valence-electron chi connectivity index (χ3n) is 2.54. The van der Waals surface area contributed by atoms with Gasteiger partial charge in [0.2, 0.25) is 0 Å². The number of aliphatic hydroxyl groups excluding tert-OH is 1. The van der Waals surface area contributed by atoms with Gasteiger partial charge in [0.05, 0.1) is 18.4 Å². The number of nitrogens with one attached hydrogen (secondary N) is 1. The second-order valence-corrected chi connectivity index (χ2v) is 6.31. The van der Waals surface area contributed by atoms with Gasteiger partial charge in [0.1, 0.15) is 0 Å². The third-order valence-corrected chi connectivity index (χ3v) is 3.60. The molecule has 0 aromatic heterocycles. The summed E-state index contributed by atoms with van der Waals surface area (Å²) < 4.78 is 6.33. The summed E-state index contributed by atoms with van der Waals surface area (Å²) in [5.74, 6) is 0.477. The molecule has 1 aromatic rings. The molecule has 0 amide bonds. The van der Waals surface area contributed by atoms with Crippen LogP contribution in [0.15, 0.2) is 16.6 Å². The standard InChI is InChI=1S/C14H21BrClNO2/c1-9(2)7-19-8-11(18)6-17-14-5-13(16)10(3)4-12(14)15/h4-5,9,11,17-18H,6-8H2,1-3H3. The summed E-state index contributed by atoms with van der Waals surface area (Å²) in [6.07, 6.45) is -0.536. The van der Waals surface area contributed by atoms with Crippen LogP contribution in [-0.4, -0.2) is 31.0 Å². The first-order valence-corrected chi connectivity index (χ1v) is 7.52. The monoisotopic (exact) mass is 349 g/mol. The molecule has 0 aliphatic rings. The fraction of sp³-hybridized carbons (Fsp3) is 0.571. The molecule has 1 atom stereocenters. The van der Waals surface area contributed by atoms with Crippen molar-refractivity contribution in [1.82, 2.24) is 0 Å². The molecule has 5 heteroatoms. The molecule has 2 N–H and O–H groups in total. The summed E-state index contributed by atoms with van der Waals surface area (Å²) >= 11 is 9.54. The molecule has 1 rings (SSSR count). The van der Waals surface area contributed by atoms with Crippen molar-refractivity contribution in [2.24, 2.45) is 5.92 Å². The van der Waals surface area contributed by atoms with Gasteiger partial charge in [-0.2, -0.15) is 0 Å². The van der Waals surface area contributed by atoms with E-state index in [1.807, 2.05) is 19.1 Å². The molecule has 0 aliphatic carbocycles. The van der Waals surface area contributed by atoms with E-state index in [0.717, 1.165) is 15.7 Å². The van der Waals surface area contributed by atoms with Gasteiger partial charge >= 0.3 is 0 Å². The van der Waals surface area contributed by atoms with Crippen molar-refractivity contribution in [2.75, 3.05) is 25.1 Å². The van der Waals surface area contributed by atoms with Gasteiger partial charge in [-0.1, -0.05) is 25.4 Å². The Labute approximate surface area is 128 Å². The van der Waals surface area contributed by atoms with Gasteiger partial charge < -0.3 is 15.2 Å². The van der Waals surface area contributed by atoms with Gasteiger partial charge in [-0.25, -0.2) is 0 Å². The Balaban J connectivity index is 2.42. The average molecular weight is 351 g/mol. The fourth-order valence-corrected chi connectivity index (χ4v) is 2.27. The van der Waals surface area contributed by atoms with Crippen LogP contribution >= 0.6 is 27.5 Å². The number of rotatable bonds is 7. The van der Waals surface area contributed by atoms with Gasteiger partial charge in [-0.15, -0.1) is 0 Å². The van der Waals surface area contributed by atoms with Crippen molar-refractivity contribution >= 4 is 33.2 Å². The van der Waals surface area contributed by atoms with Gasteiger partial charge in [0.25, 0.3) is 0 Å². The first-order valence-electron chi connectivity index (χ1n) is 6.35. The number of aryl methyl sites for hydroxylation is 1. The molecule has 0 saturated heterocycles. The lowest BCUT2D eigenvalue weighted by molar-refractivity contribution is 0.0318. The quantitative estimate of drug-likeness (QED) is 0.784. The van der Waals surface area contributed by atoms with Crippen LogP contribution < -0.4 is 5.32 Å². The molecule has 0 heterocycles. The molecule has 1 aromatic carbocycles. The van der Waals surface area contributed by atoms with Crippen LogP contribution in [0.5, 0.6) is 0 Å². The Morgan fingerprint density at radius 2 is 2.05 bits per heavy atom. The van der Waals surface area contributed by atoms with E-state index >= 15 is 0 Å². The number of hydrogen-bond acceptors (Lipinski definition) is 3. The van der Waals surface area contributed by atoms with Gasteiger partial charge in [0, 0.05) is 22.6 Å². The molecule has 0 spiro atoms. The maximum absolute atomic E-state index is 9.80. The Bertz CT molecular complexity index is 413. The average Bonchev–Trinajstić information content (AvgIpc) is 2.31. The number of hydrogen-bond donors (Lipinski definition) is 2. The normalized spacial score (nSPS) is 12.8. The molecular weight excluding hydrogens is 330 g/mol.